The van der Waals surface area contributed by atoms with Crippen LogP contribution in [0.4, 0.5) is 9.18 Å². The fourth-order valence-electron chi connectivity index (χ4n) is 2.53. The molecule has 0 radical (unpaired) electrons. The predicted octanol–water partition coefficient (Wildman–Crippen LogP) is 2.49. The Morgan fingerprint density at radius 2 is 1.73 bits per heavy atom. The van der Waals surface area contributed by atoms with E-state index in [0.29, 0.717) is 12.0 Å². The van der Waals surface area contributed by atoms with Gasteiger partial charge in [-0.1, -0.05) is 42.5 Å². The van der Waals surface area contributed by atoms with Crippen molar-refractivity contribution in [3.05, 3.63) is 71.5 Å². The van der Waals surface area contributed by atoms with Gasteiger partial charge in [-0.25, -0.2) is 9.18 Å². The molecule has 0 bridgehead atoms. The van der Waals surface area contributed by atoms with Gasteiger partial charge in [0.05, 0.1) is 6.54 Å². The largest absolute Gasteiger partial charge is 0.325 e. The minimum Gasteiger partial charge on any atom is -0.325 e. The Morgan fingerprint density at radius 3 is 2.45 bits per heavy atom. The number of halogens is 1. The summed E-state index contributed by atoms with van der Waals surface area (Å²) in [6.45, 7) is 0.0771. The van der Waals surface area contributed by atoms with Crippen LogP contribution in [0.15, 0.2) is 54.6 Å². The fraction of sp³-hybridized carbons (Fsp3) is 0.176. The molecule has 1 fully saturated rings. The highest BCUT2D eigenvalue weighted by atomic mass is 19.1. The quantitative estimate of drug-likeness (QED) is 0.882. The van der Waals surface area contributed by atoms with Crippen molar-refractivity contribution in [2.75, 3.05) is 0 Å². The van der Waals surface area contributed by atoms with Gasteiger partial charge in [-0.2, -0.15) is 0 Å². The fourth-order valence-corrected chi connectivity index (χ4v) is 2.53. The zero-order chi connectivity index (χ0) is 15.5. The summed E-state index contributed by atoms with van der Waals surface area (Å²) in [7, 11) is 0. The zero-order valence-electron chi connectivity index (χ0n) is 11.8. The number of urea groups is 1. The lowest BCUT2D eigenvalue weighted by Gasteiger charge is -2.13. The van der Waals surface area contributed by atoms with E-state index in [1.807, 2.05) is 30.3 Å². The first-order valence-corrected chi connectivity index (χ1v) is 7.04. The molecule has 1 atom stereocenters. The normalized spacial score (nSPS) is 17.7. The number of imide groups is 1. The number of hydrogen-bond donors (Lipinski definition) is 1. The van der Waals surface area contributed by atoms with Gasteiger partial charge in [0, 0.05) is 6.42 Å². The molecule has 0 unspecified atom stereocenters. The first-order chi connectivity index (χ1) is 10.6. The van der Waals surface area contributed by atoms with E-state index in [1.165, 1.54) is 12.1 Å². The lowest BCUT2D eigenvalue weighted by atomic mass is 10.1. The van der Waals surface area contributed by atoms with Crippen LogP contribution in [-0.2, 0) is 17.8 Å². The minimum absolute atomic E-state index is 0.0771. The molecule has 1 heterocycles. The highest BCUT2D eigenvalue weighted by Crippen LogP contribution is 2.16. The van der Waals surface area contributed by atoms with Gasteiger partial charge in [0.25, 0.3) is 5.91 Å². The van der Waals surface area contributed by atoms with Crippen LogP contribution >= 0.6 is 0 Å². The maximum atomic E-state index is 13.2. The van der Waals surface area contributed by atoms with E-state index in [1.54, 1.807) is 12.1 Å². The Morgan fingerprint density at radius 1 is 1.00 bits per heavy atom. The molecular formula is C17H15FN2O2. The number of carbonyl (C=O) groups is 2. The van der Waals surface area contributed by atoms with Gasteiger partial charge >= 0.3 is 6.03 Å². The van der Waals surface area contributed by atoms with Gasteiger partial charge in [0.2, 0.25) is 0 Å². The summed E-state index contributed by atoms with van der Waals surface area (Å²) in [4.78, 5) is 25.5. The molecule has 0 aliphatic carbocycles. The first-order valence-electron chi connectivity index (χ1n) is 7.04. The topological polar surface area (TPSA) is 49.4 Å². The molecule has 0 aromatic heterocycles. The number of carbonyl (C=O) groups excluding carboxylic acids is 2. The lowest BCUT2D eigenvalue weighted by Crippen LogP contribution is -2.32. The Balaban J connectivity index is 1.71. The number of amides is 3. The smallest absolute Gasteiger partial charge is 0.325 e. The molecule has 2 aromatic rings. The molecule has 1 N–H and O–H groups in total. The molecule has 2 aromatic carbocycles. The third kappa shape index (κ3) is 2.98. The average molecular weight is 298 g/mol. The third-order valence-corrected chi connectivity index (χ3v) is 3.62. The molecule has 1 aliphatic heterocycles. The van der Waals surface area contributed by atoms with Crippen LogP contribution in [-0.4, -0.2) is 22.9 Å². The first kappa shape index (κ1) is 14.3. The molecule has 0 spiro atoms. The van der Waals surface area contributed by atoms with Crippen molar-refractivity contribution in [1.82, 2.24) is 10.2 Å². The van der Waals surface area contributed by atoms with Gasteiger partial charge in [-0.15, -0.1) is 0 Å². The summed E-state index contributed by atoms with van der Waals surface area (Å²) >= 11 is 0. The lowest BCUT2D eigenvalue weighted by molar-refractivity contribution is -0.127. The second-order valence-corrected chi connectivity index (χ2v) is 5.25. The number of rotatable bonds is 4. The molecule has 112 valence electrons. The molecule has 22 heavy (non-hydrogen) atoms. The summed E-state index contributed by atoms with van der Waals surface area (Å²) in [5, 5.41) is 2.68. The van der Waals surface area contributed by atoms with Crippen LogP contribution in [0, 0.1) is 5.82 Å². The summed E-state index contributed by atoms with van der Waals surface area (Å²) in [5.74, 6) is -0.663. The Kier molecular flexibility index (Phi) is 3.87. The van der Waals surface area contributed by atoms with Crippen molar-refractivity contribution < 1.29 is 14.0 Å². The third-order valence-electron chi connectivity index (χ3n) is 3.62. The maximum absolute atomic E-state index is 13.2. The Labute approximate surface area is 127 Å². The van der Waals surface area contributed by atoms with Gasteiger partial charge in [-0.3, -0.25) is 9.69 Å². The average Bonchev–Trinajstić information content (AvgIpc) is 2.76. The van der Waals surface area contributed by atoms with Crippen LogP contribution in [0.25, 0.3) is 0 Å². The standard InChI is InChI=1S/C17H15FN2O2/c18-14-8-4-7-13(9-14)11-20-16(21)15(19-17(20)22)10-12-5-2-1-3-6-12/h1-9,15H,10-11H2,(H,19,22)/t15-/m0/s1. The van der Waals surface area contributed by atoms with Crippen molar-refractivity contribution in [3.8, 4) is 0 Å². The minimum atomic E-state index is -0.566. The molecule has 5 heteroatoms. The maximum Gasteiger partial charge on any atom is 0.325 e. The summed E-state index contributed by atoms with van der Waals surface area (Å²) in [6, 6.07) is 14.4. The molecule has 3 rings (SSSR count). The Bertz CT molecular complexity index is 703. The van der Waals surface area contributed by atoms with Crippen LogP contribution in [0.1, 0.15) is 11.1 Å². The molecule has 1 saturated heterocycles. The predicted molar refractivity (Wildman–Crippen MR) is 79.4 cm³/mol. The van der Waals surface area contributed by atoms with Crippen molar-refractivity contribution in [3.63, 3.8) is 0 Å². The highest BCUT2D eigenvalue weighted by Gasteiger charge is 2.37. The SMILES string of the molecule is O=C1N[C@@H](Cc2ccccc2)C(=O)N1Cc1cccc(F)c1. The van der Waals surface area contributed by atoms with Crippen LogP contribution in [0.3, 0.4) is 0 Å². The van der Waals surface area contributed by atoms with Gasteiger partial charge in [-0.05, 0) is 23.3 Å². The number of hydrogen-bond acceptors (Lipinski definition) is 2. The second-order valence-electron chi connectivity index (χ2n) is 5.25. The van der Waals surface area contributed by atoms with E-state index in [0.717, 1.165) is 10.5 Å². The summed E-state index contributed by atoms with van der Waals surface area (Å²) in [6.07, 6.45) is 0.449. The Hall–Kier alpha value is -2.69. The van der Waals surface area contributed by atoms with Crippen molar-refractivity contribution in [2.24, 2.45) is 0 Å². The van der Waals surface area contributed by atoms with Gasteiger partial charge in [0.1, 0.15) is 11.9 Å². The van der Waals surface area contributed by atoms with E-state index < -0.39 is 12.1 Å². The molecule has 3 amide bonds. The monoisotopic (exact) mass is 298 g/mol. The summed E-state index contributed by atoms with van der Waals surface area (Å²) in [5.41, 5.74) is 1.57. The van der Waals surface area contributed by atoms with Crippen molar-refractivity contribution >= 4 is 11.9 Å². The van der Waals surface area contributed by atoms with Crippen LogP contribution in [0.5, 0.6) is 0 Å². The van der Waals surface area contributed by atoms with E-state index in [4.69, 9.17) is 0 Å². The van der Waals surface area contributed by atoms with Gasteiger partial charge in [0.15, 0.2) is 0 Å². The summed E-state index contributed by atoms with van der Waals surface area (Å²) < 4.78 is 13.2. The van der Waals surface area contributed by atoms with Crippen molar-refractivity contribution in [2.45, 2.75) is 19.0 Å². The molecule has 0 saturated carbocycles. The molecular weight excluding hydrogens is 283 g/mol. The van der Waals surface area contributed by atoms with Crippen molar-refractivity contribution in [1.29, 1.82) is 0 Å². The molecule has 1 aliphatic rings. The second kappa shape index (κ2) is 5.97. The zero-order valence-corrected chi connectivity index (χ0v) is 11.8. The number of nitrogens with one attached hydrogen (secondary N) is 1. The molecule has 4 nitrogen and oxygen atoms in total. The van der Waals surface area contributed by atoms with E-state index >= 15 is 0 Å². The highest BCUT2D eigenvalue weighted by molar-refractivity contribution is 6.04. The number of nitrogens with zero attached hydrogens (tertiary/aromatic N) is 1. The van der Waals surface area contributed by atoms with E-state index in [-0.39, 0.29) is 18.3 Å². The van der Waals surface area contributed by atoms with Crippen LogP contribution < -0.4 is 5.32 Å². The van der Waals surface area contributed by atoms with E-state index in [9.17, 15) is 14.0 Å². The van der Waals surface area contributed by atoms with Crippen LogP contribution in [0.2, 0.25) is 0 Å². The van der Waals surface area contributed by atoms with E-state index in [2.05, 4.69) is 5.32 Å². The van der Waals surface area contributed by atoms with Gasteiger partial charge < -0.3 is 5.32 Å². The number of benzene rings is 2.